The summed E-state index contributed by atoms with van der Waals surface area (Å²) in [5.41, 5.74) is 9.20. The van der Waals surface area contributed by atoms with E-state index in [0.29, 0.717) is 11.8 Å². The number of hydrogen-bond donors (Lipinski definition) is 0. The van der Waals surface area contributed by atoms with Crippen molar-refractivity contribution in [2.24, 2.45) is 11.8 Å². The fourth-order valence-corrected chi connectivity index (χ4v) is 7.29. The molecule has 0 aromatic heterocycles. The first-order valence-corrected chi connectivity index (χ1v) is 15.3. The van der Waals surface area contributed by atoms with Gasteiger partial charge in [-0.3, -0.25) is 0 Å². The van der Waals surface area contributed by atoms with Gasteiger partial charge in [0.05, 0.1) is 0 Å². The summed E-state index contributed by atoms with van der Waals surface area (Å²) in [5, 5.41) is 5.61. The van der Waals surface area contributed by atoms with Crippen LogP contribution in [0.25, 0.3) is 28.5 Å². The normalized spacial score (nSPS) is 23.9. The van der Waals surface area contributed by atoms with Gasteiger partial charge in [0.1, 0.15) is 0 Å². The van der Waals surface area contributed by atoms with Gasteiger partial charge in [0, 0.05) is 11.8 Å². The molecule has 0 bridgehead atoms. The Kier molecular flexibility index (Phi) is 7.09. The highest BCUT2D eigenvalue weighted by molar-refractivity contribution is 5.95. The molecule has 0 nitrogen and oxygen atoms in total. The van der Waals surface area contributed by atoms with E-state index in [1.54, 1.807) is 11.1 Å². The second-order valence-electron chi connectivity index (χ2n) is 11.6. The molecule has 5 aliphatic carbocycles. The Balaban J connectivity index is 1.40. The largest absolute Gasteiger partial charge is 0.0842 e. The predicted molar refractivity (Wildman–Crippen MR) is 173 cm³/mol. The molecule has 0 heteroatoms. The summed E-state index contributed by atoms with van der Waals surface area (Å²) < 4.78 is 0. The predicted octanol–water partition coefficient (Wildman–Crippen LogP) is 9.14. The summed E-state index contributed by atoms with van der Waals surface area (Å²) in [5.74, 6) is 0.874. The van der Waals surface area contributed by atoms with Crippen molar-refractivity contribution in [1.82, 2.24) is 0 Å². The molecule has 198 valence electrons. The highest BCUT2D eigenvalue weighted by Gasteiger charge is 2.28. The highest BCUT2D eigenvalue weighted by Crippen LogP contribution is 2.43. The fraction of sp³-hybridized carbons (Fsp3) is 0.250. The standard InChI is InChI=1S/C40H38/c1-4-14-29(15-5-1)38(30-16-6-2-7-17-30)39(31-18-8-3-9-19-31)32-24-26-33(27-25-32)40-36-22-12-10-20-34(36)28-35-21-11-13-23-37(35)40/h1-6,8-10,12,14,16,18,20-24,26,28-29,31H,7,11,13,15,17,19,25,27H2. The van der Waals surface area contributed by atoms with Crippen molar-refractivity contribution in [3.8, 4) is 0 Å². The van der Waals surface area contributed by atoms with Gasteiger partial charge >= 0.3 is 0 Å². The van der Waals surface area contributed by atoms with Crippen molar-refractivity contribution in [1.29, 1.82) is 0 Å². The molecule has 2 atom stereocenters. The summed E-state index contributed by atoms with van der Waals surface area (Å²) in [6.07, 6.45) is 44.3. The van der Waals surface area contributed by atoms with E-state index in [1.165, 1.54) is 43.5 Å². The quantitative estimate of drug-likeness (QED) is 0.370. The van der Waals surface area contributed by atoms with Gasteiger partial charge in [-0.2, -0.15) is 0 Å². The molecular formula is C40H38. The number of hydrogen-bond acceptors (Lipinski definition) is 0. The molecule has 0 aliphatic heterocycles. The van der Waals surface area contributed by atoms with Crippen LogP contribution in [-0.2, 0) is 0 Å². The van der Waals surface area contributed by atoms with Crippen molar-refractivity contribution < 1.29 is 0 Å². The lowest BCUT2D eigenvalue weighted by molar-refractivity contribution is 0.688. The van der Waals surface area contributed by atoms with Gasteiger partial charge in [0.25, 0.3) is 0 Å². The molecule has 0 N–H and O–H groups in total. The van der Waals surface area contributed by atoms with Crippen molar-refractivity contribution in [2.45, 2.75) is 51.4 Å². The van der Waals surface area contributed by atoms with Crippen LogP contribution >= 0.6 is 0 Å². The lowest BCUT2D eigenvalue weighted by atomic mass is 9.73. The van der Waals surface area contributed by atoms with Crippen LogP contribution in [0, 0.1) is 11.8 Å². The molecule has 0 radical (unpaired) electrons. The van der Waals surface area contributed by atoms with Crippen LogP contribution in [0.3, 0.4) is 0 Å². The van der Waals surface area contributed by atoms with Crippen LogP contribution < -0.4 is 10.4 Å². The number of benzene rings is 2. The fourth-order valence-electron chi connectivity index (χ4n) is 7.29. The van der Waals surface area contributed by atoms with E-state index in [4.69, 9.17) is 0 Å². The first-order chi connectivity index (χ1) is 19.9. The van der Waals surface area contributed by atoms with Gasteiger partial charge in [0.2, 0.25) is 0 Å². The van der Waals surface area contributed by atoms with Crippen molar-refractivity contribution in [3.63, 3.8) is 0 Å². The molecule has 0 fully saturated rings. The van der Waals surface area contributed by atoms with E-state index >= 15 is 0 Å². The summed E-state index contributed by atoms with van der Waals surface area (Å²) >= 11 is 0. The van der Waals surface area contributed by atoms with Crippen LogP contribution in [-0.4, -0.2) is 0 Å². The monoisotopic (exact) mass is 518 g/mol. The smallest absolute Gasteiger partial charge is 0.00614 e. The maximum Gasteiger partial charge on any atom is 0.00614 e. The van der Waals surface area contributed by atoms with Crippen molar-refractivity contribution >= 4 is 28.5 Å². The summed E-state index contributed by atoms with van der Waals surface area (Å²) in [7, 11) is 0. The third-order valence-corrected chi connectivity index (χ3v) is 9.17. The first kappa shape index (κ1) is 25.1. The zero-order chi connectivity index (χ0) is 26.7. The maximum absolute atomic E-state index is 2.49. The second-order valence-corrected chi connectivity index (χ2v) is 11.6. The van der Waals surface area contributed by atoms with Gasteiger partial charge in [-0.25, -0.2) is 0 Å². The molecule has 2 aromatic carbocycles. The number of fused-ring (bicyclic) bond motifs is 2. The molecule has 7 rings (SSSR count). The Bertz CT molecular complexity index is 1730. The van der Waals surface area contributed by atoms with E-state index in [9.17, 15) is 0 Å². The van der Waals surface area contributed by atoms with Crippen molar-refractivity contribution in [2.75, 3.05) is 0 Å². The van der Waals surface area contributed by atoms with Crippen LogP contribution in [0.5, 0.6) is 0 Å². The Hall–Kier alpha value is -3.90. The maximum atomic E-state index is 2.49. The minimum absolute atomic E-state index is 0.431. The molecule has 0 amide bonds. The van der Waals surface area contributed by atoms with E-state index in [0.717, 1.165) is 51.4 Å². The number of allylic oxidation sites excluding steroid dienone is 18. The van der Waals surface area contributed by atoms with Gasteiger partial charge in [-0.1, -0.05) is 115 Å². The molecule has 0 heterocycles. The zero-order valence-corrected chi connectivity index (χ0v) is 23.4. The molecule has 0 saturated heterocycles. The van der Waals surface area contributed by atoms with Gasteiger partial charge in [0.15, 0.2) is 0 Å². The summed E-state index contributed by atoms with van der Waals surface area (Å²) in [4.78, 5) is 0. The Labute approximate surface area is 238 Å². The Morgan fingerprint density at radius 2 is 1.38 bits per heavy atom. The zero-order valence-electron chi connectivity index (χ0n) is 23.4. The molecule has 40 heavy (non-hydrogen) atoms. The van der Waals surface area contributed by atoms with Crippen molar-refractivity contribution in [3.05, 3.63) is 148 Å². The summed E-state index contributed by atoms with van der Waals surface area (Å²) in [6.45, 7) is 0. The van der Waals surface area contributed by atoms with Gasteiger partial charge in [-0.05, 0) is 112 Å². The van der Waals surface area contributed by atoms with Crippen LogP contribution in [0.15, 0.2) is 132 Å². The molecule has 0 spiro atoms. The van der Waals surface area contributed by atoms with Gasteiger partial charge in [-0.15, -0.1) is 0 Å². The minimum Gasteiger partial charge on any atom is -0.0842 e. The lowest BCUT2D eigenvalue weighted by Crippen LogP contribution is -2.30. The number of rotatable bonds is 5. The summed E-state index contributed by atoms with van der Waals surface area (Å²) in [6, 6.07) is 11.4. The highest BCUT2D eigenvalue weighted by atomic mass is 14.3. The molecule has 0 saturated carbocycles. The van der Waals surface area contributed by atoms with E-state index in [1.807, 2.05) is 0 Å². The first-order valence-electron chi connectivity index (χ1n) is 15.3. The minimum atomic E-state index is 0.431. The Morgan fingerprint density at radius 1 is 0.625 bits per heavy atom. The average molecular weight is 519 g/mol. The third kappa shape index (κ3) is 4.81. The third-order valence-electron chi connectivity index (χ3n) is 9.17. The molecule has 5 aliphatic rings. The molecular weight excluding hydrogens is 480 g/mol. The van der Waals surface area contributed by atoms with E-state index in [-0.39, 0.29) is 0 Å². The SMILES string of the molecule is C1=CCCC(C(=C(C2=CC=C(c3c4c(cc5ccccc35)=CCCC=4)CC2)C2C=CC=CC2)C2C=CC=CC2)=C1. The van der Waals surface area contributed by atoms with Crippen LogP contribution in [0.4, 0.5) is 0 Å². The second kappa shape index (κ2) is 11.3. The van der Waals surface area contributed by atoms with Crippen LogP contribution in [0.1, 0.15) is 56.9 Å². The van der Waals surface area contributed by atoms with Gasteiger partial charge < -0.3 is 0 Å². The van der Waals surface area contributed by atoms with E-state index < -0.39 is 0 Å². The lowest BCUT2D eigenvalue weighted by Gasteiger charge is -2.32. The average Bonchev–Trinajstić information content (AvgIpc) is 3.04. The van der Waals surface area contributed by atoms with Crippen LogP contribution in [0.2, 0.25) is 0 Å². The van der Waals surface area contributed by atoms with E-state index in [2.05, 4.69) is 121 Å². The molecule has 2 unspecified atom stereocenters. The Morgan fingerprint density at radius 3 is 2.05 bits per heavy atom. The molecule has 2 aromatic rings. The topological polar surface area (TPSA) is 0 Å².